The lowest BCUT2D eigenvalue weighted by molar-refractivity contribution is -0.161. The van der Waals surface area contributed by atoms with E-state index in [0.29, 0.717) is 18.4 Å². The molecule has 12 nitrogen and oxygen atoms in total. The van der Waals surface area contributed by atoms with E-state index in [4.69, 9.17) is 5.73 Å². The van der Waals surface area contributed by atoms with Gasteiger partial charge in [-0.25, -0.2) is 0 Å². The number of aliphatic hydroxyl groups excluding tert-OH is 2. The molecule has 0 aliphatic heterocycles. The summed E-state index contributed by atoms with van der Waals surface area (Å²) in [6, 6.07) is 3.48. The Labute approximate surface area is 213 Å². The molecule has 9 N–H and O–H groups in total. The molecule has 2 fully saturated rings. The van der Waals surface area contributed by atoms with Crippen LogP contribution in [0.3, 0.4) is 0 Å². The molecule has 2 aliphatic rings. The van der Waals surface area contributed by atoms with Crippen molar-refractivity contribution in [3.63, 3.8) is 0 Å². The van der Waals surface area contributed by atoms with Crippen LogP contribution in [0.15, 0.2) is 24.3 Å². The van der Waals surface area contributed by atoms with Gasteiger partial charge in [-0.15, -0.1) is 0 Å². The van der Waals surface area contributed by atoms with Gasteiger partial charge in [-0.3, -0.25) is 19.2 Å². The van der Waals surface area contributed by atoms with Crippen LogP contribution in [-0.4, -0.2) is 79.1 Å². The van der Waals surface area contributed by atoms with E-state index >= 15 is 0 Å². The molecule has 0 bridgehead atoms. The van der Waals surface area contributed by atoms with E-state index in [1.165, 1.54) is 12.1 Å². The Morgan fingerprint density at radius 2 is 1.65 bits per heavy atom. The third-order valence-electron chi connectivity index (χ3n) is 7.43. The molecular weight excluding hydrogens is 486 g/mol. The van der Waals surface area contributed by atoms with Crippen LogP contribution in [0, 0.1) is 5.41 Å². The molecule has 3 amide bonds. The number of carbonyl (C=O) groups excluding carboxylic acids is 3. The zero-order valence-electron chi connectivity index (χ0n) is 20.4. The topological polar surface area (TPSA) is 220 Å². The van der Waals surface area contributed by atoms with Gasteiger partial charge in [0.15, 0.2) is 0 Å². The van der Waals surface area contributed by atoms with Gasteiger partial charge < -0.3 is 41.9 Å². The van der Waals surface area contributed by atoms with E-state index in [0.717, 1.165) is 12.8 Å². The standard InChI is InChI=1S/C25H35N3O9/c26-22(35)16(9-14-3-5-15(29)6-4-14)28-23(36)25(37)10-17(21(34)18(30)11-25)27-19(31)12-24(13-20(32)33)7-1-2-8-24/h3-6,16-18,21,29-30,34,37H,1-2,7-13H2,(H2,26,35)(H,27,31)(H,28,36)(H,32,33)/t16-,17-,18+,21+,25-/m0/s1. The van der Waals surface area contributed by atoms with Crippen molar-refractivity contribution in [2.75, 3.05) is 0 Å². The predicted octanol–water partition coefficient (Wildman–Crippen LogP) is -0.938. The molecule has 2 saturated carbocycles. The van der Waals surface area contributed by atoms with Gasteiger partial charge in [0.25, 0.3) is 5.91 Å². The first kappa shape index (κ1) is 28.4. The van der Waals surface area contributed by atoms with Crippen molar-refractivity contribution in [2.45, 2.75) is 87.7 Å². The van der Waals surface area contributed by atoms with Crippen LogP contribution in [0.1, 0.15) is 56.9 Å². The second-order valence-corrected chi connectivity index (χ2v) is 10.4. The fourth-order valence-corrected chi connectivity index (χ4v) is 5.47. The van der Waals surface area contributed by atoms with Gasteiger partial charge in [-0.2, -0.15) is 0 Å². The molecule has 1 aromatic rings. The summed E-state index contributed by atoms with van der Waals surface area (Å²) in [4.78, 5) is 49.2. The first-order chi connectivity index (χ1) is 17.3. The Hall–Kier alpha value is -3.22. The van der Waals surface area contributed by atoms with Crippen molar-refractivity contribution < 1.29 is 44.7 Å². The highest BCUT2D eigenvalue weighted by Gasteiger charge is 2.50. The molecule has 2 aliphatic carbocycles. The number of nitrogens with one attached hydrogen (secondary N) is 2. The molecule has 5 atom stereocenters. The Kier molecular flexibility index (Phi) is 8.77. The van der Waals surface area contributed by atoms with Crippen LogP contribution in [0.2, 0.25) is 0 Å². The minimum atomic E-state index is -2.23. The minimum absolute atomic E-state index is 0.0161. The number of rotatable bonds is 10. The molecule has 1 aromatic carbocycles. The van der Waals surface area contributed by atoms with Gasteiger partial charge in [0.2, 0.25) is 11.8 Å². The van der Waals surface area contributed by atoms with Crippen molar-refractivity contribution in [3.05, 3.63) is 29.8 Å². The highest BCUT2D eigenvalue weighted by Crippen LogP contribution is 2.44. The molecule has 0 unspecified atom stereocenters. The predicted molar refractivity (Wildman–Crippen MR) is 129 cm³/mol. The Morgan fingerprint density at radius 1 is 1.03 bits per heavy atom. The lowest BCUT2D eigenvalue weighted by atomic mass is 9.76. The first-order valence-corrected chi connectivity index (χ1v) is 12.3. The quantitative estimate of drug-likeness (QED) is 0.190. The summed E-state index contributed by atoms with van der Waals surface area (Å²) in [6.45, 7) is 0. The fourth-order valence-electron chi connectivity index (χ4n) is 5.47. The molecule has 0 radical (unpaired) electrons. The molecule has 12 heteroatoms. The van der Waals surface area contributed by atoms with Crippen LogP contribution in [0.5, 0.6) is 5.75 Å². The monoisotopic (exact) mass is 521 g/mol. The van der Waals surface area contributed by atoms with Gasteiger partial charge in [-0.1, -0.05) is 25.0 Å². The lowest BCUT2D eigenvalue weighted by Gasteiger charge is -2.42. The molecule has 204 valence electrons. The van der Waals surface area contributed by atoms with Gasteiger partial charge in [-0.05, 0) is 36.0 Å². The average molecular weight is 522 g/mol. The number of carbonyl (C=O) groups is 4. The summed E-state index contributed by atoms with van der Waals surface area (Å²) >= 11 is 0. The number of amides is 3. The number of hydrogen-bond donors (Lipinski definition) is 8. The number of phenols is 1. The summed E-state index contributed by atoms with van der Waals surface area (Å²) in [5, 5.41) is 55.6. The first-order valence-electron chi connectivity index (χ1n) is 12.3. The summed E-state index contributed by atoms with van der Waals surface area (Å²) < 4.78 is 0. The summed E-state index contributed by atoms with van der Waals surface area (Å²) in [7, 11) is 0. The van der Waals surface area contributed by atoms with Crippen molar-refractivity contribution >= 4 is 23.7 Å². The Balaban J connectivity index is 1.68. The van der Waals surface area contributed by atoms with Crippen LogP contribution in [0.4, 0.5) is 0 Å². The van der Waals surface area contributed by atoms with E-state index in [1.807, 2.05) is 0 Å². The zero-order valence-corrected chi connectivity index (χ0v) is 20.4. The number of aliphatic hydroxyl groups is 3. The smallest absolute Gasteiger partial charge is 0.303 e. The molecule has 3 rings (SSSR count). The van der Waals surface area contributed by atoms with Crippen LogP contribution in [0.25, 0.3) is 0 Å². The number of aromatic hydroxyl groups is 1. The van der Waals surface area contributed by atoms with Crippen LogP contribution >= 0.6 is 0 Å². The van der Waals surface area contributed by atoms with Crippen molar-refractivity contribution in [1.82, 2.24) is 10.6 Å². The van der Waals surface area contributed by atoms with Crippen molar-refractivity contribution in [3.8, 4) is 5.75 Å². The maximum Gasteiger partial charge on any atom is 0.303 e. The normalized spacial score (nSPS) is 27.7. The minimum Gasteiger partial charge on any atom is -0.508 e. The van der Waals surface area contributed by atoms with Crippen LogP contribution in [-0.2, 0) is 25.6 Å². The summed E-state index contributed by atoms with van der Waals surface area (Å²) in [6.07, 6.45) is -1.55. The average Bonchev–Trinajstić information content (AvgIpc) is 3.24. The number of phenolic OH excluding ortho intramolecular Hbond substituents is 1. The molecule has 0 aromatic heterocycles. The number of aliphatic carboxylic acids is 1. The molecule has 0 saturated heterocycles. The van der Waals surface area contributed by atoms with E-state index in [9.17, 15) is 44.7 Å². The van der Waals surface area contributed by atoms with Gasteiger partial charge in [0.1, 0.15) is 23.5 Å². The highest BCUT2D eigenvalue weighted by molar-refractivity contribution is 5.91. The van der Waals surface area contributed by atoms with Crippen molar-refractivity contribution in [1.29, 1.82) is 0 Å². The third-order valence-corrected chi connectivity index (χ3v) is 7.43. The molecule has 0 heterocycles. The third kappa shape index (κ3) is 7.18. The summed E-state index contributed by atoms with van der Waals surface area (Å²) in [5.74, 6) is -3.41. The van der Waals surface area contributed by atoms with Gasteiger partial charge in [0, 0.05) is 25.7 Å². The second kappa shape index (κ2) is 11.4. The second-order valence-electron chi connectivity index (χ2n) is 10.4. The molecule has 37 heavy (non-hydrogen) atoms. The van der Waals surface area contributed by atoms with Crippen LogP contribution < -0.4 is 16.4 Å². The number of carboxylic acid groups (broad SMARTS) is 1. The van der Waals surface area contributed by atoms with Crippen molar-refractivity contribution in [2.24, 2.45) is 11.1 Å². The Morgan fingerprint density at radius 3 is 2.22 bits per heavy atom. The van der Waals surface area contributed by atoms with E-state index < -0.39 is 71.8 Å². The molecule has 0 spiro atoms. The SMILES string of the molecule is NC(=O)[C@H](Cc1ccc(O)cc1)NC(=O)[C@@]1(O)C[C@@H](O)[C@H](O)[C@@H](NC(=O)CC2(CC(=O)O)CCCC2)C1. The summed E-state index contributed by atoms with van der Waals surface area (Å²) in [5.41, 5.74) is 3.08. The van der Waals surface area contributed by atoms with Gasteiger partial charge in [0.05, 0.1) is 18.6 Å². The number of carboxylic acids is 1. The van der Waals surface area contributed by atoms with Gasteiger partial charge >= 0.3 is 5.97 Å². The number of nitrogens with two attached hydrogens (primary N) is 1. The van der Waals surface area contributed by atoms with E-state index in [1.54, 1.807) is 12.1 Å². The molecular formula is C25H35N3O9. The zero-order chi connectivity index (χ0) is 27.4. The number of hydrogen-bond acceptors (Lipinski definition) is 8. The van der Waals surface area contributed by atoms with E-state index in [-0.39, 0.29) is 25.0 Å². The highest BCUT2D eigenvalue weighted by atomic mass is 16.4. The Bertz CT molecular complexity index is 1010. The largest absolute Gasteiger partial charge is 0.508 e. The maximum absolute atomic E-state index is 13.0. The number of primary amides is 1. The van der Waals surface area contributed by atoms with E-state index in [2.05, 4.69) is 10.6 Å². The fraction of sp³-hybridized carbons (Fsp3) is 0.600. The lowest BCUT2D eigenvalue weighted by Crippen LogP contribution is -2.64. The maximum atomic E-state index is 13.0. The number of benzene rings is 1.